The normalized spacial score (nSPS) is 10.7. The molecule has 0 saturated heterocycles. The Kier molecular flexibility index (Phi) is 6.61. The van der Waals surface area contributed by atoms with Crippen LogP contribution in [0, 0.1) is 5.82 Å². The van der Waals surface area contributed by atoms with E-state index in [1.165, 1.54) is 6.07 Å². The standard InChI is InChI=1S/C12H18BrFN2/c1-2-15-6-3-7-16-9-10-8-11(13)4-5-12(10)14/h4-5,8,15-16H,2-3,6-7,9H2,1H3. The van der Waals surface area contributed by atoms with Crippen LogP contribution in [0.2, 0.25) is 0 Å². The summed E-state index contributed by atoms with van der Waals surface area (Å²) < 4.78 is 14.2. The van der Waals surface area contributed by atoms with Gasteiger partial charge in [-0.1, -0.05) is 22.9 Å². The summed E-state index contributed by atoms with van der Waals surface area (Å²) in [4.78, 5) is 0. The molecule has 1 rings (SSSR count). The molecule has 0 aliphatic carbocycles. The molecular formula is C12H18BrFN2. The van der Waals surface area contributed by atoms with E-state index in [2.05, 4.69) is 33.5 Å². The van der Waals surface area contributed by atoms with Crippen LogP contribution in [0.3, 0.4) is 0 Å². The fourth-order valence-electron chi connectivity index (χ4n) is 1.42. The quantitative estimate of drug-likeness (QED) is 0.754. The monoisotopic (exact) mass is 288 g/mol. The summed E-state index contributed by atoms with van der Waals surface area (Å²) in [7, 11) is 0. The van der Waals surface area contributed by atoms with E-state index in [0.29, 0.717) is 12.1 Å². The molecule has 2 N–H and O–H groups in total. The predicted octanol–water partition coefficient (Wildman–Crippen LogP) is 2.68. The Labute approximate surface area is 105 Å². The van der Waals surface area contributed by atoms with E-state index in [4.69, 9.17) is 0 Å². The molecule has 0 saturated carbocycles. The van der Waals surface area contributed by atoms with Gasteiger partial charge in [0.05, 0.1) is 0 Å². The smallest absolute Gasteiger partial charge is 0.127 e. The lowest BCUT2D eigenvalue weighted by Crippen LogP contribution is -2.21. The molecule has 4 heteroatoms. The molecule has 0 aliphatic heterocycles. The van der Waals surface area contributed by atoms with Gasteiger partial charge >= 0.3 is 0 Å². The highest BCUT2D eigenvalue weighted by atomic mass is 79.9. The Morgan fingerprint density at radius 2 is 2.00 bits per heavy atom. The fraction of sp³-hybridized carbons (Fsp3) is 0.500. The van der Waals surface area contributed by atoms with Gasteiger partial charge in [0, 0.05) is 16.6 Å². The third-order valence-electron chi connectivity index (χ3n) is 2.28. The summed E-state index contributed by atoms with van der Waals surface area (Å²) in [5.41, 5.74) is 0.706. The summed E-state index contributed by atoms with van der Waals surface area (Å²) in [6.07, 6.45) is 1.06. The van der Waals surface area contributed by atoms with Crippen molar-refractivity contribution in [3.8, 4) is 0 Å². The molecule has 0 fully saturated rings. The molecule has 1 aromatic rings. The molecule has 2 nitrogen and oxygen atoms in total. The highest BCUT2D eigenvalue weighted by Crippen LogP contribution is 2.15. The number of rotatable bonds is 7. The minimum atomic E-state index is -0.151. The van der Waals surface area contributed by atoms with Gasteiger partial charge in [0.15, 0.2) is 0 Å². The lowest BCUT2D eigenvalue weighted by atomic mass is 10.2. The summed E-state index contributed by atoms with van der Waals surface area (Å²) in [5.74, 6) is -0.151. The second-order valence-electron chi connectivity index (χ2n) is 3.62. The fourth-order valence-corrected chi connectivity index (χ4v) is 1.83. The third-order valence-corrected chi connectivity index (χ3v) is 2.77. The zero-order chi connectivity index (χ0) is 11.8. The van der Waals surface area contributed by atoms with E-state index in [0.717, 1.165) is 30.5 Å². The maximum Gasteiger partial charge on any atom is 0.127 e. The molecule has 0 radical (unpaired) electrons. The molecular weight excluding hydrogens is 271 g/mol. The van der Waals surface area contributed by atoms with E-state index < -0.39 is 0 Å². The molecule has 0 amide bonds. The third kappa shape index (κ3) is 5.05. The van der Waals surface area contributed by atoms with Crippen LogP contribution in [0.25, 0.3) is 0 Å². The molecule has 0 unspecified atom stereocenters. The first-order chi connectivity index (χ1) is 7.74. The predicted molar refractivity (Wildman–Crippen MR) is 69.0 cm³/mol. The van der Waals surface area contributed by atoms with E-state index in [-0.39, 0.29) is 5.82 Å². The van der Waals surface area contributed by atoms with Gasteiger partial charge in [-0.2, -0.15) is 0 Å². The molecule has 0 spiro atoms. The highest BCUT2D eigenvalue weighted by Gasteiger charge is 2.01. The lowest BCUT2D eigenvalue weighted by Gasteiger charge is -2.06. The second-order valence-corrected chi connectivity index (χ2v) is 4.54. The summed E-state index contributed by atoms with van der Waals surface area (Å²) in [6.45, 7) is 5.57. The minimum absolute atomic E-state index is 0.151. The Morgan fingerprint density at radius 3 is 2.75 bits per heavy atom. The van der Waals surface area contributed by atoms with E-state index in [1.54, 1.807) is 6.07 Å². The zero-order valence-electron chi connectivity index (χ0n) is 9.52. The number of halogens is 2. The van der Waals surface area contributed by atoms with Gasteiger partial charge in [0.2, 0.25) is 0 Å². The van der Waals surface area contributed by atoms with Gasteiger partial charge in [0.25, 0.3) is 0 Å². The maximum atomic E-state index is 13.3. The zero-order valence-corrected chi connectivity index (χ0v) is 11.1. The van der Waals surface area contributed by atoms with Gasteiger partial charge in [-0.3, -0.25) is 0 Å². The van der Waals surface area contributed by atoms with Gasteiger partial charge in [-0.25, -0.2) is 4.39 Å². The van der Waals surface area contributed by atoms with Crippen molar-refractivity contribution in [3.05, 3.63) is 34.1 Å². The Morgan fingerprint density at radius 1 is 1.25 bits per heavy atom. The van der Waals surface area contributed by atoms with Gasteiger partial charge in [0.1, 0.15) is 5.82 Å². The molecule has 0 bridgehead atoms. The molecule has 16 heavy (non-hydrogen) atoms. The van der Waals surface area contributed by atoms with Crippen LogP contribution in [-0.2, 0) is 6.54 Å². The van der Waals surface area contributed by atoms with Crippen LogP contribution in [0.15, 0.2) is 22.7 Å². The van der Waals surface area contributed by atoms with Crippen LogP contribution >= 0.6 is 15.9 Å². The van der Waals surface area contributed by atoms with Crippen molar-refractivity contribution in [2.75, 3.05) is 19.6 Å². The van der Waals surface area contributed by atoms with Crippen molar-refractivity contribution in [1.82, 2.24) is 10.6 Å². The molecule has 1 aromatic carbocycles. The highest BCUT2D eigenvalue weighted by molar-refractivity contribution is 9.10. The Bertz CT molecular complexity index is 318. The van der Waals surface area contributed by atoms with Crippen LogP contribution in [0.1, 0.15) is 18.9 Å². The Balaban J connectivity index is 2.23. The van der Waals surface area contributed by atoms with Crippen LogP contribution < -0.4 is 10.6 Å². The second kappa shape index (κ2) is 7.76. The van der Waals surface area contributed by atoms with Crippen molar-refractivity contribution >= 4 is 15.9 Å². The van der Waals surface area contributed by atoms with Crippen molar-refractivity contribution in [2.24, 2.45) is 0 Å². The number of benzene rings is 1. The van der Waals surface area contributed by atoms with Gasteiger partial charge in [-0.05, 0) is 44.3 Å². The average Bonchev–Trinajstić information content (AvgIpc) is 2.28. The topological polar surface area (TPSA) is 24.1 Å². The largest absolute Gasteiger partial charge is 0.317 e. The molecule has 90 valence electrons. The molecule has 0 aromatic heterocycles. The number of hydrogen-bond acceptors (Lipinski definition) is 2. The average molecular weight is 289 g/mol. The van der Waals surface area contributed by atoms with Crippen LogP contribution in [0.5, 0.6) is 0 Å². The van der Waals surface area contributed by atoms with Crippen molar-refractivity contribution in [2.45, 2.75) is 19.9 Å². The van der Waals surface area contributed by atoms with Crippen LogP contribution in [0.4, 0.5) is 4.39 Å². The van der Waals surface area contributed by atoms with Crippen molar-refractivity contribution in [1.29, 1.82) is 0 Å². The van der Waals surface area contributed by atoms with E-state index >= 15 is 0 Å². The van der Waals surface area contributed by atoms with E-state index in [9.17, 15) is 4.39 Å². The molecule has 0 atom stereocenters. The van der Waals surface area contributed by atoms with Gasteiger partial charge < -0.3 is 10.6 Å². The SMILES string of the molecule is CCNCCCNCc1cc(Br)ccc1F. The lowest BCUT2D eigenvalue weighted by molar-refractivity contribution is 0.571. The minimum Gasteiger partial charge on any atom is -0.317 e. The first kappa shape index (κ1) is 13.6. The van der Waals surface area contributed by atoms with Gasteiger partial charge in [-0.15, -0.1) is 0 Å². The number of hydrogen-bond donors (Lipinski definition) is 2. The number of nitrogens with one attached hydrogen (secondary N) is 2. The van der Waals surface area contributed by atoms with Crippen molar-refractivity contribution < 1.29 is 4.39 Å². The van der Waals surface area contributed by atoms with Crippen LogP contribution in [-0.4, -0.2) is 19.6 Å². The summed E-state index contributed by atoms with van der Waals surface area (Å²) in [5, 5.41) is 6.47. The first-order valence-corrected chi connectivity index (χ1v) is 6.38. The van der Waals surface area contributed by atoms with Crippen molar-refractivity contribution in [3.63, 3.8) is 0 Å². The summed E-state index contributed by atoms with van der Waals surface area (Å²) >= 11 is 3.34. The molecule has 0 heterocycles. The van der Waals surface area contributed by atoms with E-state index in [1.807, 2.05) is 6.07 Å². The first-order valence-electron chi connectivity index (χ1n) is 5.59. The Hall–Kier alpha value is -0.450. The molecule has 0 aliphatic rings. The summed E-state index contributed by atoms with van der Waals surface area (Å²) in [6, 6.07) is 5.01. The maximum absolute atomic E-state index is 13.3.